The molecule has 0 aliphatic carbocycles. The zero-order valence-corrected chi connectivity index (χ0v) is 22.9. The van der Waals surface area contributed by atoms with Gasteiger partial charge in [-0.2, -0.15) is 0 Å². The van der Waals surface area contributed by atoms with Crippen molar-refractivity contribution >= 4 is 11.4 Å². The van der Waals surface area contributed by atoms with Gasteiger partial charge in [-0.1, -0.05) is 81.4 Å². The van der Waals surface area contributed by atoms with Crippen LogP contribution in [0.2, 0.25) is 0 Å². The zero-order chi connectivity index (χ0) is 27.3. The van der Waals surface area contributed by atoms with E-state index in [0.29, 0.717) is 11.5 Å². The van der Waals surface area contributed by atoms with Gasteiger partial charge in [0.1, 0.15) is 11.5 Å². The van der Waals surface area contributed by atoms with Crippen LogP contribution >= 0.6 is 0 Å². The molecule has 0 radical (unpaired) electrons. The van der Waals surface area contributed by atoms with Crippen LogP contribution in [-0.4, -0.2) is 10.2 Å². The highest BCUT2D eigenvalue weighted by atomic mass is 16.3. The first-order valence-electron chi connectivity index (χ1n) is 12.7. The second-order valence-corrected chi connectivity index (χ2v) is 10.9. The maximum atomic E-state index is 10.3. The van der Waals surface area contributed by atoms with E-state index in [1.807, 2.05) is 87.5 Å². The van der Waals surface area contributed by atoms with Gasteiger partial charge in [-0.15, -0.1) is 0 Å². The molecule has 0 saturated heterocycles. The van der Waals surface area contributed by atoms with Crippen molar-refractivity contribution in [2.24, 2.45) is 0 Å². The third kappa shape index (κ3) is 7.07. The normalized spacial score (nSPS) is 11.1. The van der Waals surface area contributed by atoms with Gasteiger partial charge in [0.15, 0.2) is 0 Å². The van der Waals surface area contributed by atoms with Crippen LogP contribution in [0.25, 0.3) is 0 Å². The van der Waals surface area contributed by atoms with Gasteiger partial charge in [0.05, 0.1) is 0 Å². The maximum absolute atomic E-state index is 10.3. The van der Waals surface area contributed by atoms with E-state index in [4.69, 9.17) is 11.5 Å². The first kappa shape index (κ1) is 27.7. The van der Waals surface area contributed by atoms with Gasteiger partial charge in [0.2, 0.25) is 0 Å². The molecule has 0 aromatic heterocycles. The van der Waals surface area contributed by atoms with Crippen molar-refractivity contribution in [3.8, 4) is 11.5 Å². The summed E-state index contributed by atoms with van der Waals surface area (Å²) in [6.45, 7) is 12.1. The first-order chi connectivity index (χ1) is 17.4. The molecule has 4 aromatic rings. The fourth-order valence-corrected chi connectivity index (χ4v) is 4.51. The van der Waals surface area contributed by atoms with Crippen molar-refractivity contribution in [2.75, 3.05) is 11.5 Å². The molecule has 0 atom stereocenters. The Labute approximate surface area is 221 Å². The zero-order valence-electron chi connectivity index (χ0n) is 22.9. The third-order valence-electron chi connectivity index (χ3n) is 6.62. The molecular weight excluding hydrogens is 456 g/mol. The van der Waals surface area contributed by atoms with Crippen LogP contribution in [0.1, 0.15) is 65.3 Å². The average molecular weight is 497 g/mol. The summed E-state index contributed by atoms with van der Waals surface area (Å²) in [5, 5.41) is 20.0. The van der Waals surface area contributed by atoms with E-state index >= 15 is 0 Å². The molecule has 0 amide bonds. The molecule has 0 unspecified atom stereocenters. The van der Waals surface area contributed by atoms with E-state index in [-0.39, 0.29) is 5.41 Å². The van der Waals surface area contributed by atoms with Crippen molar-refractivity contribution in [1.82, 2.24) is 0 Å². The minimum absolute atomic E-state index is 0.0763. The molecule has 0 fully saturated rings. The summed E-state index contributed by atoms with van der Waals surface area (Å²) in [6.07, 6.45) is 1.59. The lowest BCUT2D eigenvalue weighted by Crippen LogP contribution is -2.12. The number of phenols is 2. The van der Waals surface area contributed by atoms with Gasteiger partial charge >= 0.3 is 0 Å². The maximum Gasteiger partial charge on any atom is 0.122 e. The predicted octanol–water partition coefficient (Wildman–Crippen LogP) is 7.35. The van der Waals surface area contributed by atoms with E-state index < -0.39 is 0 Å². The van der Waals surface area contributed by atoms with Crippen molar-refractivity contribution in [3.63, 3.8) is 0 Å². The summed E-state index contributed by atoms with van der Waals surface area (Å²) in [7, 11) is 0. The van der Waals surface area contributed by atoms with Crippen LogP contribution in [0.15, 0.2) is 72.8 Å². The van der Waals surface area contributed by atoms with Gasteiger partial charge < -0.3 is 21.7 Å². The number of nitrogen functional groups attached to an aromatic ring is 2. The molecule has 0 aliphatic rings. The van der Waals surface area contributed by atoms with Crippen molar-refractivity contribution in [3.05, 3.63) is 117 Å². The SMILES string of the molecule is Cc1cc(Cc2ccccc2N)cc(C(C)(C)C)c1O.Cc1cc(Cc2ccccc2N)cc(C)c1O. The number of aryl methyl sites for hydroxylation is 3. The standard InChI is InChI=1S/C18H23NO.C15H17NO/c1-12-9-13(10-14-7-5-6-8-16(14)19)11-15(17(12)20)18(2,3)4;1-10-7-12(8-11(2)15(10)17)9-13-5-3-4-6-14(13)16/h5-9,11,20H,10,19H2,1-4H3;3-8,17H,9,16H2,1-2H3. The molecule has 0 spiro atoms. The lowest BCUT2D eigenvalue weighted by atomic mass is 9.83. The molecule has 37 heavy (non-hydrogen) atoms. The molecule has 4 aromatic carbocycles. The highest BCUT2D eigenvalue weighted by Gasteiger charge is 2.20. The Bertz CT molecular complexity index is 1360. The minimum Gasteiger partial charge on any atom is -0.507 e. The van der Waals surface area contributed by atoms with Gasteiger partial charge in [0, 0.05) is 11.4 Å². The Kier molecular flexibility index (Phi) is 8.54. The summed E-state index contributed by atoms with van der Waals surface area (Å²) in [4.78, 5) is 0. The smallest absolute Gasteiger partial charge is 0.122 e. The number of benzene rings is 4. The fourth-order valence-electron chi connectivity index (χ4n) is 4.51. The molecule has 0 saturated carbocycles. The van der Waals surface area contributed by atoms with E-state index in [2.05, 4.69) is 26.8 Å². The van der Waals surface area contributed by atoms with E-state index in [1.165, 1.54) is 11.1 Å². The van der Waals surface area contributed by atoms with E-state index in [0.717, 1.165) is 57.6 Å². The van der Waals surface area contributed by atoms with E-state index in [9.17, 15) is 10.2 Å². The Morgan fingerprint density at radius 3 is 1.38 bits per heavy atom. The molecule has 4 heteroatoms. The van der Waals surface area contributed by atoms with Gasteiger partial charge in [-0.3, -0.25) is 0 Å². The lowest BCUT2D eigenvalue weighted by Gasteiger charge is -2.23. The quantitative estimate of drug-likeness (QED) is 0.222. The van der Waals surface area contributed by atoms with Gasteiger partial charge in [-0.25, -0.2) is 0 Å². The monoisotopic (exact) mass is 496 g/mol. The van der Waals surface area contributed by atoms with Crippen molar-refractivity contribution < 1.29 is 10.2 Å². The average Bonchev–Trinajstić information content (AvgIpc) is 2.82. The molecule has 0 heterocycles. The second-order valence-electron chi connectivity index (χ2n) is 10.9. The molecule has 0 aliphatic heterocycles. The Morgan fingerprint density at radius 2 is 0.973 bits per heavy atom. The molecule has 194 valence electrons. The Hall–Kier alpha value is -3.92. The van der Waals surface area contributed by atoms with Crippen LogP contribution in [0.5, 0.6) is 11.5 Å². The summed E-state index contributed by atoms with van der Waals surface area (Å²) < 4.78 is 0. The molecular formula is C33H40N2O2. The number of aromatic hydroxyl groups is 2. The molecule has 0 bridgehead atoms. The summed E-state index contributed by atoms with van der Waals surface area (Å²) in [6, 6.07) is 23.9. The van der Waals surface area contributed by atoms with Crippen LogP contribution in [0.4, 0.5) is 11.4 Å². The number of hydrogen-bond acceptors (Lipinski definition) is 4. The highest BCUT2D eigenvalue weighted by molar-refractivity contribution is 5.52. The highest BCUT2D eigenvalue weighted by Crippen LogP contribution is 2.35. The number of rotatable bonds is 4. The number of para-hydroxylation sites is 2. The Morgan fingerprint density at radius 1 is 0.595 bits per heavy atom. The number of phenolic OH excluding ortho intramolecular Hbond substituents is 2. The van der Waals surface area contributed by atoms with Crippen LogP contribution < -0.4 is 11.5 Å². The van der Waals surface area contributed by atoms with Crippen molar-refractivity contribution in [2.45, 2.75) is 59.8 Å². The molecule has 4 nitrogen and oxygen atoms in total. The van der Waals surface area contributed by atoms with Gasteiger partial charge in [-0.05, 0) is 95.7 Å². The van der Waals surface area contributed by atoms with E-state index in [1.54, 1.807) is 0 Å². The summed E-state index contributed by atoms with van der Waals surface area (Å²) in [5.41, 5.74) is 21.8. The third-order valence-corrected chi connectivity index (χ3v) is 6.62. The van der Waals surface area contributed by atoms with Crippen LogP contribution in [0, 0.1) is 20.8 Å². The van der Waals surface area contributed by atoms with Crippen LogP contribution in [0.3, 0.4) is 0 Å². The molecule has 6 N–H and O–H groups in total. The first-order valence-corrected chi connectivity index (χ1v) is 12.7. The van der Waals surface area contributed by atoms with Crippen molar-refractivity contribution in [1.29, 1.82) is 0 Å². The summed E-state index contributed by atoms with van der Waals surface area (Å²) in [5.74, 6) is 0.789. The lowest BCUT2D eigenvalue weighted by molar-refractivity contribution is 0.442. The second kappa shape index (κ2) is 11.4. The van der Waals surface area contributed by atoms with Gasteiger partial charge in [0.25, 0.3) is 0 Å². The number of nitrogens with two attached hydrogens (primary N) is 2. The molecule has 4 rings (SSSR count). The predicted molar refractivity (Wildman–Crippen MR) is 156 cm³/mol. The Balaban J connectivity index is 0.000000208. The minimum atomic E-state index is -0.0763. The number of hydrogen-bond donors (Lipinski definition) is 4. The van der Waals surface area contributed by atoms with Crippen LogP contribution in [-0.2, 0) is 18.3 Å². The fraction of sp³-hybridized carbons (Fsp3) is 0.273. The summed E-state index contributed by atoms with van der Waals surface area (Å²) >= 11 is 0. The number of anilines is 2. The topological polar surface area (TPSA) is 92.5 Å². The largest absolute Gasteiger partial charge is 0.507 e.